The van der Waals surface area contributed by atoms with Crippen LogP contribution in [0.3, 0.4) is 0 Å². The van der Waals surface area contributed by atoms with Gasteiger partial charge in [-0.25, -0.2) is 0 Å². The van der Waals surface area contributed by atoms with Crippen LogP contribution in [0.4, 0.5) is 0 Å². The predicted octanol–water partition coefficient (Wildman–Crippen LogP) is 1.84. The van der Waals surface area contributed by atoms with Crippen molar-refractivity contribution in [2.45, 2.75) is 51.1 Å². The summed E-state index contributed by atoms with van der Waals surface area (Å²) in [7, 11) is 0. The van der Waals surface area contributed by atoms with Gasteiger partial charge < -0.3 is 14.9 Å². The van der Waals surface area contributed by atoms with Crippen molar-refractivity contribution in [2.75, 3.05) is 0 Å². The van der Waals surface area contributed by atoms with Gasteiger partial charge in [0.15, 0.2) is 5.95 Å². The summed E-state index contributed by atoms with van der Waals surface area (Å²) in [6.07, 6.45) is 7.55. The zero-order valence-electron chi connectivity index (χ0n) is 12.1. The zero-order chi connectivity index (χ0) is 14.5. The van der Waals surface area contributed by atoms with Crippen LogP contribution in [0.15, 0.2) is 34.9 Å². The molecule has 5 heteroatoms. The zero-order valence-corrected chi connectivity index (χ0v) is 12.1. The Morgan fingerprint density at radius 2 is 1.86 bits per heavy atom. The lowest BCUT2D eigenvalue weighted by atomic mass is 10.1. The first-order valence-electron chi connectivity index (χ1n) is 7.71. The van der Waals surface area contributed by atoms with Crippen molar-refractivity contribution in [3.8, 4) is 11.6 Å². The maximum absolute atomic E-state index is 11.9. The van der Waals surface area contributed by atoms with E-state index in [-0.39, 0.29) is 5.95 Å². The number of benzene rings is 1. The molecule has 1 saturated carbocycles. The van der Waals surface area contributed by atoms with Crippen molar-refractivity contribution in [1.29, 1.82) is 0 Å². The second-order valence-corrected chi connectivity index (χ2v) is 5.62. The fourth-order valence-electron chi connectivity index (χ4n) is 2.91. The van der Waals surface area contributed by atoms with Crippen LogP contribution in [-0.2, 0) is 6.54 Å². The molecule has 0 amide bonds. The molecule has 2 aromatic rings. The minimum Gasteiger partial charge on any atom is -0.539 e. The van der Waals surface area contributed by atoms with Gasteiger partial charge in [-0.05, 0) is 17.5 Å². The highest BCUT2D eigenvalue weighted by atomic mass is 16.6. The van der Waals surface area contributed by atoms with E-state index in [0.717, 1.165) is 5.69 Å². The van der Waals surface area contributed by atoms with E-state index in [1.807, 2.05) is 30.3 Å². The van der Waals surface area contributed by atoms with Gasteiger partial charge >= 0.3 is 0 Å². The van der Waals surface area contributed by atoms with Crippen molar-refractivity contribution < 1.29 is 14.3 Å². The molecule has 112 valence electrons. The summed E-state index contributed by atoms with van der Waals surface area (Å²) < 4.78 is 6.42. The Kier molecular flexibility index (Phi) is 4.50. The van der Waals surface area contributed by atoms with E-state index in [2.05, 4.69) is 10.6 Å². The van der Waals surface area contributed by atoms with Gasteiger partial charge in [-0.3, -0.25) is 0 Å². The van der Waals surface area contributed by atoms with Crippen LogP contribution in [-0.4, -0.2) is 11.3 Å². The number of nitrogens with zero attached hydrogens (tertiary/aromatic N) is 2. The highest BCUT2D eigenvalue weighted by Gasteiger charge is 2.21. The molecule has 0 spiro atoms. The Morgan fingerprint density at radius 3 is 2.57 bits per heavy atom. The third kappa shape index (κ3) is 3.42. The molecular weight excluding hydrogens is 266 g/mol. The Hall–Kier alpha value is -1.88. The number of para-hydroxylation sites is 1. The molecule has 1 aromatic carbocycles. The molecule has 0 bridgehead atoms. The average Bonchev–Trinajstić information content (AvgIpc) is 2.73. The van der Waals surface area contributed by atoms with Crippen LogP contribution in [0.2, 0.25) is 0 Å². The molecule has 0 unspecified atom stereocenters. The summed E-state index contributed by atoms with van der Waals surface area (Å²) in [5, 5.41) is 19.2. The highest BCUT2D eigenvalue weighted by Crippen LogP contribution is 2.18. The maximum Gasteiger partial charge on any atom is 0.253 e. The summed E-state index contributed by atoms with van der Waals surface area (Å²) in [5.41, 5.74) is 1.41. The lowest BCUT2D eigenvalue weighted by molar-refractivity contribution is -0.677. The molecule has 1 heterocycles. The predicted molar refractivity (Wildman–Crippen MR) is 75.8 cm³/mol. The second-order valence-electron chi connectivity index (χ2n) is 5.62. The van der Waals surface area contributed by atoms with Crippen molar-refractivity contribution >= 4 is 0 Å². The third-order valence-electron chi connectivity index (χ3n) is 4.11. The largest absolute Gasteiger partial charge is 0.539 e. The summed E-state index contributed by atoms with van der Waals surface area (Å²) in [5.74, 6) is -0.361. The van der Waals surface area contributed by atoms with Crippen LogP contribution in [0, 0.1) is 0 Å². The molecule has 0 aliphatic heterocycles. The second kappa shape index (κ2) is 6.72. The quantitative estimate of drug-likeness (QED) is 0.688. The van der Waals surface area contributed by atoms with Crippen LogP contribution >= 0.6 is 0 Å². The maximum atomic E-state index is 11.9. The van der Waals surface area contributed by atoms with E-state index in [9.17, 15) is 5.11 Å². The van der Waals surface area contributed by atoms with Gasteiger partial charge in [0.1, 0.15) is 0 Å². The number of nitrogens with one attached hydrogen (secondary N) is 1. The van der Waals surface area contributed by atoms with Gasteiger partial charge in [0.25, 0.3) is 5.69 Å². The minimum absolute atomic E-state index is 0.361. The average molecular weight is 287 g/mol. The van der Waals surface area contributed by atoms with Crippen molar-refractivity contribution in [2.24, 2.45) is 0 Å². The number of hydrogen-bond donors (Lipinski definition) is 1. The van der Waals surface area contributed by atoms with E-state index < -0.39 is 0 Å². The van der Waals surface area contributed by atoms with Crippen molar-refractivity contribution in [1.82, 2.24) is 10.6 Å². The minimum atomic E-state index is -0.361. The molecule has 1 aliphatic carbocycles. The first-order valence-corrected chi connectivity index (χ1v) is 7.71. The van der Waals surface area contributed by atoms with Gasteiger partial charge in [-0.15, -0.1) is 0 Å². The van der Waals surface area contributed by atoms with Crippen LogP contribution < -0.4 is 15.1 Å². The summed E-state index contributed by atoms with van der Waals surface area (Å²) in [6.45, 7) is 0.502. The molecule has 0 atom stereocenters. The number of hydrogen-bond acceptors (Lipinski definition) is 4. The normalized spacial score (nSPS) is 16.8. The molecule has 21 heavy (non-hydrogen) atoms. The Bertz CT molecular complexity index is 560. The lowest BCUT2D eigenvalue weighted by Crippen LogP contribution is -2.40. The van der Waals surface area contributed by atoms with E-state index >= 15 is 0 Å². The monoisotopic (exact) mass is 287 g/mol. The van der Waals surface area contributed by atoms with Gasteiger partial charge in [0.05, 0.1) is 11.8 Å². The standard InChI is InChI=1S/C16H21N3O2/c20-16-15(12-17-13-8-4-1-2-5-9-13)19(18-21-16)14-10-6-3-7-11-14/h3,6-7,10-11,13,17H,1-2,4-5,8-9,12H2. The summed E-state index contributed by atoms with van der Waals surface area (Å²) >= 11 is 0. The van der Waals surface area contributed by atoms with Crippen LogP contribution in [0.25, 0.3) is 5.69 Å². The van der Waals surface area contributed by atoms with Crippen molar-refractivity contribution in [3.05, 3.63) is 36.0 Å². The molecule has 0 saturated heterocycles. The first-order chi connectivity index (χ1) is 10.3. The van der Waals surface area contributed by atoms with Gasteiger partial charge in [0, 0.05) is 18.2 Å². The molecule has 5 nitrogen and oxygen atoms in total. The Morgan fingerprint density at radius 1 is 1.14 bits per heavy atom. The van der Waals surface area contributed by atoms with Crippen LogP contribution in [0.1, 0.15) is 44.2 Å². The Balaban J connectivity index is 1.72. The topological polar surface area (TPSA) is 65.0 Å². The molecule has 0 radical (unpaired) electrons. The fourth-order valence-corrected chi connectivity index (χ4v) is 2.91. The lowest BCUT2D eigenvalue weighted by Gasteiger charge is -2.14. The SMILES string of the molecule is [O-]c1on[n+](-c2ccccc2)c1CNC1CCCCCC1. The summed E-state index contributed by atoms with van der Waals surface area (Å²) in [6, 6.07) is 10.1. The van der Waals surface area contributed by atoms with E-state index in [0.29, 0.717) is 18.3 Å². The highest BCUT2D eigenvalue weighted by molar-refractivity contribution is 5.22. The van der Waals surface area contributed by atoms with Crippen LogP contribution in [0.5, 0.6) is 5.95 Å². The molecular formula is C16H21N3O2. The van der Waals surface area contributed by atoms with Gasteiger partial charge in [-0.1, -0.05) is 43.9 Å². The van der Waals surface area contributed by atoms with E-state index in [1.165, 1.54) is 38.5 Å². The molecule has 1 fully saturated rings. The fraction of sp³-hybridized carbons (Fsp3) is 0.500. The van der Waals surface area contributed by atoms with E-state index in [4.69, 9.17) is 4.52 Å². The summed E-state index contributed by atoms with van der Waals surface area (Å²) in [4.78, 5) is 0. The molecule has 1 aliphatic rings. The molecule has 3 rings (SSSR count). The van der Waals surface area contributed by atoms with Gasteiger partial charge in [-0.2, -0.15) is 0 Å². The number of aromatic nitrogens is 2. The van der Waals surface area contributed by atoms with E-state index in [1.54, 1.807) is 4.68 Å². The molecule has 1 aromatic heterocycles. The smallest absolute Gasteiger partial charge is 0.253 e. The number of rotatable bonds is 4. The molecule has 1 N–H and O–H groups in total. The van der Waals surface area contributed by atoms with Gasteiger partial charge in [0.2, 0.25) is 5.69 Å². The van der Waals surface area contributed by atoms with Crippen molar-refractivity contribution in [3.63, 3.8) is 0 Å². The Labute approximate surface area is 124 Å². The third-order valence-corrected chi connectivity index (χ3v) is 4.11. The first kappa shape index (κ1) is 14.1.